The van der Waals surface area contributed by atoms with Gasteiger partial charge in [0, 0.05) is 38.3 Å². The third-order valence-electron chi connectivity index (χ3n) is 5.06. The van der Waals surface area contributed by atoms with E-state index in [1.165, 1.54) is 5.56 Å². The fourth-order valence-electron chi connectivity index (χ4n) is 3.42. The molecule has 1 fully saturated rings. The molecule has 1 aliphatic rings. The van der Waals surface area contributed by atoms with Crippen LogP contribution >= 0.6 is 0 Å². The molecule has 1 saturated heterocycles. The number of nitrogens with two attached hydrogens (primary N) is 1. The van der Waals surface area contributed by atoms with E-state index >= 15 is 0 Å². The van der Waals surface area contributed by atoms with Gasteiger partial charge in [-0.25, -0.2) is 0 Å². The van der Waals surface area contributed by atoms with Crippen LogP contribution in [-0.2, 0) is 16.9 Å². The number of nitrogens with zero attached hydrogens (tertiary/aromatic N) is 2. The molecule has 1 unspecified atom stereocenters. The van der Waals surface area contributed by atoms with E-state index in [4.69, 9.17) is 10.5 Å². The molecule has 2 aromatic rings. The summed E-state index contributed by atoms with van der Waals surface area (Å²) in [5.41, 5.74) is 7.41. The van der Waals surface area contributed by atoms with Crippen molar-refractivity contribution in [2.45, 2.75) is 19.0 Å². The molecular formula is C21H27N3O2. The van der Waals surface area contributed by atoms with Crippen LogP contribution < -0.4 is 10.5 Å². The molecule has 5 nitrogen and oxygen atoms in total. The van der Waals surface area contributed by atoms with Gasteiger partial charge >= 0.3 is 0 Å². The van der Waals surface area contributed by atoms with Crippen LogP contribution in [0.3, 0.4) is 0 Å². The molecule has 1 aliphatic heterocycles. The molecule has 2 aromatic carbocycles. The molecule has 0 aliphatic carbocycles. The van der Waals surface area contributed by atoms with Crippen molar-refractivity contribution in [2.24, 2.45) is 5.73 Å². The summed E-state index contributed by atoms with van der Waals surface area (Å²) in [6.07, 6.45) is 0. The summed E-state index contributed by atoms with van der Waals surface area (Å²) in [6, 6.07) is 17.7. The zero-order valence-corrected chi connectivity index (χ0v) is 15.5. The van der Waals surface area contributed by atoms with E-state index in [1.54, 1.807) is 14.0 Å². The first-order chi connectivity index (χ1) is 12.5. The Morgan fingerprint density at radius 1 is 1.04 bits per heavy atom. The highest BCUT2D eigenvalue weighted by atomic mass is 16.5. The monoisotopic (exact) mass is 353 g/mol. The third kappa shape index (κ3) is 3.89. The Hall–Kier alpha value is -2.37. The Balaban J connectivity index is 1.60. The lowest BCUT2D eigenvalue weighted by Crippen LogP contribution is -2.56. The molecule has 2 N–H and O–H groups in total. The van der Waals surface area contributed by atoms with E-state index in [1.807, 2.05) is 53.4 Å². The highest BCUT2D eigenvalue weighted by molar-refractivity contribution is 5.87. The summed E-state index contributed by atoms with van der Waals surface area (Å²) in [5, 5.41) is 0. The van der Waals surface area contributed by atoms with E-state index in [-0.39, 0.29) is 5.91 Å². The van der Waals surface area contributed by atoms with Crippen LogP contribution in [0.15, 0.2) is 54.6 Å². The maximum atomic E-state index is 12.9. The number of rotatable bonds is 5. The Bertz CT molecular complexity index is 738. The summed E-state index contributed by atoms with van der Waals surface area (Å²) in [4.78, 5) is 17.2. The van der Waals surface area contributed by atoms with Crippen molar-refractivity contribution in [3.8, 4) is 5.75 Å². The van der Waals surface area contributed by atoms with Gasteiger partial charge in [-0.3, -0.25) is 9.69 Å². The summed E-state index contributed by atoms with van der Waals surface area (Å²) in [7, 11) is 1.70. The van der Waals surface area contributed by atoms with E-state index in [9.17, 15) is 4.79 Å². The second-order valence-electron chi connectivity index (χ2n) is 6.95. The molecule has 3 rings (SSSR count). The van der Waals surface area contributed by atoms with Gasteiger partial charge in [-0.15, -0.1) is 0 Å². The molecule has 1 heterocycles. The number of piperazine rings is 1. The van der Waals surface area contributed by atoms with Crippen LogP contribution in [0.1, 0.15) is 18.1 Å². The van der Waals surface area contributed by atoms with Gasteiger partial charge in [0.25, 0.3) is 0 Å². The van der Waals surface area contributed by atoms with Crippen molar-refractivity contribution < 1.29 is 9.53 Å². The number of carbonyl (C=O) groups is 1. The van der Waals surface area contributed by atoms with Gasteiger partial charge in [-0.2, -0.15) is 0 Å². The SMILES string of the molecule is COc1ccccc1CN1CCN(C(=O)C(C)(N)c2ccccc2)CC1. The lowest BCUT2D eigenvalue weighted by molar-refractivity contribution is -0.138. The minimum atomic E-state index is -0.994. The zero-order valence-electron chi connectivity index (χ0n) is 15.5. The van der Waals surface area contributed by atoms with Crippen molar-refractivity contribution in [3.63, 3.8) is 0 Å². The standard InChI is InChI=1S/C21H27N3O2/c1-21(22,18-9-4-3-5-10-18)20(25)24-14-12-23(13-15-24)16-17-8-6-7-11-19(17)26-2/h3-11H,12-16,22H2,1-2H3. The van der Waals surface area contributed by atoms with E-state index in [0.29, 0.717) is 13.1 Å². The molecule has 0 saturated carbocycles. The minimum Gasteiger partial charge on any atom is -0.496 e. The highest BCUT2D eigenvalue weighted by Crippen LogP contribution is 2.23. The largest absolute Gasteiger partial charge is 0.496 e. The maximum Gasteiger partial charge on any atom is 0.247 e. The van der Waals surface area contributed by atoms with E-state index in [2.05, 4.69) is 11.0 Å². The van der Waals surface area contributed by atoms with Crippen molar-refractivity contribution in [1.29, 1.82) is 0 Å². The lowest BCUT2D eigenvalue weighted by atomic mass is 9.91. The van der Waals surface area contributed by atoms with Crippen molar-refractivity contribution in [3.05, 3.63) is 65.7 Å². The second kappa shape index (κ2) is 7.89. The summed E-state index contributed by atoms with van der Waals surface area (Å²) < 4.78 is 5.43. The Labute approximate surface area is 155 Å². The average molecular weight is 353 g/mol. The van der Waals surface area contributed by atoms with E-state index < -0.39 is 5.54 Å². The molecule has 0 spiro atoms. The number of para-hydroxylation sites is 1. The summed E-state index contributed by atoms with van der Waals surface area (Å²) in [6.45, 7) is 5.65. The predicted molar refractivity (Wildman–Crippen MR) is 103 cm³/mol. The van der Waals surface area contributed by atoms with Crippen LogP contribution in [0.5, 0.6) is 5.75 Å². The van der Waals surface area contributed by atoms with Gasteiger partial charge in [0.15, 0.2) is 0 Å². The number of hydrogen-bond acceptors (Lipinski definition) is 4. The molecule has 0 aromatic heterocycles. The molecule has 26 heavy (non-hydrogen) atoms. The summed E-state index contributed by atoms with van der Waals surface area (Å²) >= 11 is 0. The predicted octanol–water partition coefficient (Wildman–Crippen LogP) is 2.21. The molecule has 1 amide bonds. The van der Waals surface area contributed by atoms with Gasteiger partial charge in [0.1, 0.15) is 11.3 Å². The fraction of sp³-hybridized carbons (Fsp3) is 0.381. The summed E-state index contributed by atoms with van der Waals surface area (Å²) in [5.74, 6) is 0.894. The van der Waals surface area contributed by atoms with Gasteiger partial charge in [0.2, 0.25) is 5.91 Å². The number of benzene rings is 2. The van der Waals surface area contributed by atoms with Crippen LogP contribution in [0.25, 0.3) is 0 Å². The topological polar surface area (TPSA) is 58.8 Å². The van der Waals surface area contributed by atoms with Crippen molar-refractivity contribution in [1.82, 2.24) is 9.80 Å². The van der Waals surface area contributed by atoms with Crippen LogP contribution in [0, 0.1) is 0 Å². The molecule has 138 valence electrons. The Kier molecular flexibility index (Phi) is 5.59. The number of amides is 1. The van der Waals surface area contributed by atoms with Gasteiger partial charge in [0.05, 0.1) is 7.11 Å². The quantitative estimate of drug-likeness (QED) is 0.895. The van der Waals surface area contributed by atoms with Gasteiger partial charge in [-0.1, -0.05) is 48.5 Å². The lowest BCUT2D eigenvalue weighted by Gasteiger charge is -2.38. The fourth-order valence-corrected chi connectivity index (χ4v) is 3.42. The third-order valence-corrected chi connectivity index (χ3v) is 5.06. The Morgan fingerprint density at radius 3 is 2.31 bits per heavy atom. The molecule has 1 atom stereocenters. The Morgan fingerprint density at radius 2 is 1.65 bits per heavy atom. The van der Waals surface area contributed by atoms with Gasteiger partial charge < -0.3 is 15.4 Å². The van der Waals surface area contributed by atoms with Crippen LogP contribution in [0.4, 0.5) is 0 Å². The average Bonchev–Trinajstić information content (AvgIpc) is 2.69. The smallest absolute Gasteiger partial charge is 0.247 e. The molecular weight excluding hydrogens is 326 g/mol. The number of carbonyl (C=O) groups excluding carboxylic acids is 1. The van der Waals surface area contributed by atoms with Crippen LogP contribution in [0.2, 0.25) is 0 Å². The first kappa shape index (κ1) is 18.4. The van der Waals surface area contributed by atoms with Gasteiger partial charge in [-0.05, 0) is 18.6 Å². The van der Waals surface area contributed by atoms with Crippen LogP contribution in [-0.4, -0.2) is 49.0 Å². The maximum absolute atomic E-state index is 12.9. The number of ether oxygens (including phenoxy) is 1. The molecule has 0 bridgehead atoms. The highest BCUT2D eigenvalue weighted by Gasteiger charge is 2.35. The minimum absolute atomic E-state index is 0.0133. The number of methoxy groups -OCH3 is 1. The first-order valence-corrected chi connectivity index (χ1v) is 9.00. The molecule has 5 heteroatoms. The zero-order chi connectivity index (χ0) is 18.6. The van der Waals surface area contributed by atoms with Crippen molar-refractivity contribution >= 4 is 5.91 Å². The molecule has 0 radical (unpaired) electrons. The van der Waals surface area contributed by atoms with E-state index in [0.717, 1.165) is 30.9 Å². The van der Waals surface area contributed by atoms with Crippen molar-refractivity contribution in [2.75, 3.05) is 33.3 Å². The normalized spacial score (nSPS) is 17.6. The first-order valence-electron chi connectivity index (χ1n) is 9.00. The second-order valence-corrected chi connectivity index (χ2v) is 6.95. The number of hydrogen-bond donors (Lipinski definition) is 1.